The first kappa shape index (κ1) is 10.6. The highest BCUT2D eigenvalue weighted by Crippen LogP contribution is 2.43. The fraction of sp³-hybridized carbons (Fsp3) is 0.909. The SMILES string of the molecule is CC(C)C(=O)NC[C@H]1C[C@H]1C(C)C.[HH]. The van der Waals surface area contributed by atoms with Crippen molar-refractivity contribution in [1.82, 2.24) is 5.32 Å². The maximum absolute atomic E-state index is 11.2. The number of carbonyl (C=O) groups excluding carboxylic acids is 1. The zero-order chi connectivity index (χ0) is 10.0. The third-order valence-electron chi connectivity index (χ3n) is 2.90. The van der Waals surface area contributed by atoms with E-state index in [1.807, 2.05) is 13.8 Å². The van der Waals surface area contributed by atoms with Crippen LogP contribution in [0.5, 0.6) is 0 Å². The van der Waals surface area contributed by atoms with Gasteiger partial charge in [-0.3, -0.25) is 4.79 Å². The molecular weight excluding hydrogens is 162 g/mol. The number of rotatable bonds is 4. The Morgan fingerprint density at radius 3 is 2.46 bits per heavy atom. The standard InChI is InChI=1S/C11H21NO.H2/c1-7(2)10-5-9(10)6-12-11(13)8(3)4;/h7-10H,5-6H2,1-4H3,(H,12,13);1H/t9-,10+;/m1./s1. The number of hydrogen-bond donors (Lipinski definition) is 1. The number of hydrogen-bond acceptors (Lipinski definition) is 1. The maximum Gasteiger partial charge on any atom is 0.222 e. The fourth-order valence-electron chi connectivity index (χ4n) is 1.76. The molecule has 2 atom stereocenters. The van der Waals surface area contributed by atoms with Crippen LogP contribution in [-0.4, -0.2) is 12.5 Å². The summed E-state index contributed by atoms with van der Waals surface area (Å²) >= 11 is 0. The van der Waals surface area contributed by atoms with Crippen LogP contribution in [0.1, 0.15) is 35.5 Å². The van der Waals surface area contributed by atoms with Gasteiger partial charge in [0.15, 0.2) is 0 Å². The molecule has 0 saturated heterocycles. The van der Waals surface area contributed by atoms with E-state index in [-0.39, 0.29) is 13.3 Å². The monoisotopic (exact) mass is 185 g/mol. The van der Waals surface area contributed by atoms with E-state index in [0.717, 1.165) is 24.3 Å². The Kier molecular flexibility index (Phi) is 3.34. The Balaban J connectivity index is 0.00000169. The van der Waals surface area contributed by atoms with E-state index in [1.165, 1.54) is 6.42 Å². The fourth-order valence-corrected chi connectivity index (χ4v) is 1.76. The second-order valence-corrected chi connectivity index (χ2v) is 4.80. The third kappa shape index (κ3) is 3.02. The van der Waals surface area contributed by atoms with E-state index >= 15 is 0 Å². The first-order chi connectivity index (χ1) is 6.02. The molecule has 1 aliphatic carbocycles. The minimum absolute atomic E-state index is 0. The van der Waals surface area contributed by atoms with Crippen LogP contribution in [-0.2, 0) is 4.79 Å². The van der Waals surface area contributed by atoms with Gasteiger partial charge in [-0.2, -0.15) is 0 Å². The molecule has 0 heterocycles. The predicted molar refractivity (Wildman–Crippen MR) is 56.4 cm³/mol. The van der Waals surface area contributed by atoms with Gasteiger partial charge in [0.25, 0.3) is 0 Å². The van der Waals surface area contributed by atoms with E-state index in [2.05, 4.69) is 19.2 Å². The van der Waals surface area contributed by atoms with Gasteiger partial charge in [0.1, 0.15) is 0 Å². The largest absolute Gasteiger partial charge is 0.356 e. The number of nitrogens with one attached hydrogen (secondary N) is 1. The van der Waals surface area contributed by atoms with Gasteiger partial charge in [-0.25, -0.2) is 0 Å². The molecule has 0 bridgehead atoms. The summed E-state index contributed by atoms with van der Waals surface area (Å²) in [6, 6.07) is 0. The van der Waals surface area contributed by atoms with Crippen molar-refractivity contribution in [1.29, 1.82) is 0 Å². The van der Waals surface area contributed by atoms with Crippen LogP contribution in [0.3, 0.4) is 0 Å². The molecule has 1 N–H and O–H groups in total. The van der Waals surface area contributed by atoms with Gasteiger partial charge in [0.2, 0.25) is 5.91 Å². The Hall–Kier alpha value is -0.530. The zero-order valence-electron chi connectivity index (χ0n) is 9.13. The summed E-state index contributed by atoms with van der Waals surface area (Å²) < 4.78 is 0. The van der Waals surface area contributed by atoms with Gasteiger partial charge in [0, 0.05) is 13.9 Å². The summed E-state index contributed by atoms with van der Waals surface area (Å²) in [5, 5.41) is 2.99. The molecule has 0 unspecified atom stereocenters. The van der Waals surface area contributed by atoms with Crippen molar-refractivity contribution in [2.75, 3.05) is 6.54 Å². The van der Waals surface area contributed by atoms with Crippen LogP contribution in [0.2, 0.25) is 0 Å². The van der Waals surface area contributed by atoms with E-state index in [9.17, 15) is 4.79 Å². The summed E-state index contributed by atoms with van der Waals surface area (Å²) in [7, 11) is 0. The Bertz CT molecular complexity index is 192. The Labute approximate surface area is 82.6 Å². The number of carbonyl (C=O) groups is 1. The lowest BCUT2D eigenvalue weighted by atomic mass is 10.1. The Morgan fingerprint density at radius 1 is 1.46 bits per heavy atom. The van der Waals surface area contributed by atoms with E-state index in [1.54, 1.807) is 0 Å². The van der Waals surface area contributed by atoms with Crippen molar-refractivity contribution in [2.24, 2.45) is 23.7 Å². The molecule has 0 radical (unpaired) electrons. The molecule has 0 aromatic heterocycles. The summed E-state index contributed by atoms with van der Waals surface area (Å²) in [6.07, 6.45) is 1.30. The predicted octanol–water partition coefficient (Wildman–Crippen LogP) is 2.30. The highest BCUT2D eigenvalue weighted by atomic mass is 16.1. The summed E-state index contributed by atoms with van der Waals surface area (Å²) in [6.45, 7) is 9.27. The molecule has 1 amide bonds. The van der Waals surface area contributed by atoms with Crippen LogP contribution in [0.25, 0.3) is 0 Å². The second-order valence-electron chi connectivity index (χ2n) is 4.80. The maximum atomic E-state index is 11.2. The average molecular weight is 185 g/mol. The first-order valence-corrected chi connectivity index (χ1v) is 5.30. The van der Waals surface area contributed by atoms with Gasteiger partial charge in [-0.05, 0) is 24.2 Å². The first-order valence-electron chi connectivity index (χ1n) is 5.30. The molecule has 78 valence electrons. The Morgan fingerprint density at radius 2 is 2.08 bits per heavy atom. The van der Waals surface area contributed by atoms with Crippen molar-refractivity contribution >= 4 is 5.91 Å². The van der Waals surface area contributed by atoms with Crippen LogP contribution < -0.4 is 5.32 Å². The zero-order valence-corrected chi connectivity index (χ0v) is 9.13. The van der Waals surface area contributed by atoms with E-state index in [0.29, 0.717) is 0 Å². The summed E-state index contributed by atoms with van der Waals surface area (Å²) in [4.78, 5) is 11.2. The van der Waals surface area contributed by atoms with Gasteiger partial charge < -0.3 is 5.32 Å². The highest BCUT2D eigenvalue weighted by Gasteiger charge is 2.38. The molecule has 2 heteroatoms. The van der Waals surface area contributed by atoms with Crippen molar-refractivity contribution in [3.05, 3.63) is 0 Å². The van der Waals surface area contributed by atoms with Gasteiger partial charge in [-0.15, -0.1) is 0 Å². The lowest BCUT2D eigenvalue weighted by Gasteiger charge is -2.07. The van der Waals surface area contributed by atoms with Crippen LogP contribution in [0, 0.1) is 23.7 Å². The lowest BCUT2D eigenvalue weighted by molar-refractivity contribution is -0.124. The molecule has 1 fully saturated rings. The molecule has 0 aromatic carbocycles. The van der Waals surface area contributed by atoms with E-state index < -0.39 is 0 Å². The van der Waals surface area contributed by atoms with Crippen molar-refractivity contribution in [2.45, 2.75) is 34.1 Å². The number of amides is 1. The molecule has 0 spiro atoms. The summed E-state index contributed by atoms with van der Waals surface area (Å²) in [5.41, 5.74) is 0. The molecule has 13 heavy (non-hydrogen) atoms. The van der Waals surface area contributed by atoms with E-state index in [4.69, 9.17) is 0 Å². The molecule has 1 saturated carbocycles. The minimum Gasteiger partial charge on any atom is -0.356 e. The van der Waals surface area contributed by atoms with Crippen molar-refractivity contribution in [3.63, 3.8) is 0 Å². The molecule has 2 nitrogen and oxygen atoms in total. The average Bonchev–Trinajstić information content (AvgIpc) is 2.78. The van der Waals surface area contributed by atoms with Crippen LogP contribution in [0.4, 0.5) is 0 Å². The molecule has 0 aromatic rings. The van der Waals surface area contributed by atoms with Crippen LogP contribution >= 0.6 is 0 Å². The normalized spacial score (nSPS) is 26.6. The topological polar surface area (TPSA) is 29.1 Å². The molecule has 1 rings (SSSR count). The summed E-state index contributed by atoms with van der Waals surface area (Å²) in [5.74, 6) is 2.70. The van der Waals surface area contributed by atoms with Crippen LogP contribution in [0.15, 0.2) is 0 Å². The quantitative estimate of drug-likeness (QED) is 0.715. The molecular formula is C11H23NO. The molecule has 1 aliphatic rings. The lowest BCUT2D eigenvalue weighted by Crippen LogP contribution is -2.29. The van der Waals surface area contributed by atoms with Gasteiger partial charge in [0.05, 0.1) is 0 Å². The van der Waals surface area contributed by atoms with Crippen molar-refractivity contribution < 1.29 is 6.22 Å². The van der Waals surface area contributed by atoms with Gasteiger partial charge in [-0.1, -0.05) is 27.7 Å². The molecule has 0 aliphatic heterocycles. The second kappa shape index (κ2) is 4.12. The third-order valence-corrected chi connectivity index (χ3v) is 2.90. The van der Waals surface area contributed by atoms with Gasteiger partial charge >= 0.3 is 0 Å². The highest BCUT2D eigenvalue weighted by molar-refractivity contribution is 5.77. The smallest absolute Gasteiger partial charge is 0.222 e. The van der Waals surface area contributed by atoms with Crippen molar-refractivity contribution in [3.8, 4) is 0 Å². The minimum atomic E-state index is 0.